The number of benzene rings is 5. The molecule has 2 heterocycles. The predicted octanol–water partition coefficient (Wildman–Crippen LogP) is 7.62. The van der Waals surface area contributed by atoms with Crippen molar-refractivity contribution in [2.24, 2.45) is 0 Å². The molecule has 10 nitrogen and oxygen atoms in total. The molecule has 0 amide bonds. The molecule has 0 unspecified atom stereocenters. The molecule has 1 aromatic heterocycles. The zero-order chi connectivity index (χ0) is 36.4. The van der Waals surface area contributed by atoms with Gasteiger partial charge in [-0.3, -0.25) is 9.69 Å². The third kappa shape index (κ3) is 8.74. The van der Waals surface area contributed by atoms with Crippen LogP contribution in [0.15, 0.2) is 124 Å². The van der Waals surface area contributed by atoms with E-state index in [0.717, 1.165) is 29.8 Å². The van der Waals surface area contributed by atoms with Crippen LogP contribution in [0.25, 0.3) is 22.3 Å². The van der Waals surface area contributed by atoms with Crippen molar-refractivity contribution in [2.45, 2.75) is 19.8 Å². The molecule has 10 heteroatoms. The van der Waals surface area contributed by atoms with E-state index in [4.69, 9.17) is 32.8 Å². The van der Waals surface area contributed by atoms with E-state index in [0.29, 0.717) is 54.9 Å². The van der Waals surface area contributed by atoms with Crippen LogP contribution in [-0.2, 0) is 24.6 Å². The minimum atomic E-state index is -0.538. The lowest BCUT2D eigenvalue weighted by molar-refractivity contribution is 0.0322. The van der Waals surface area contributed by atoms with Crippen LogP contribution in [-0.4, -0.2) is 56.6 Å². The lowest BCUT2D eigenvalue weighted by atomic mass is 10.1. The molecule has 272 valence electrons. The number of ether oxygens (including phenoxy) is 6. The predicted molar refractivity (Wildman–Crippen MR) is 201 cm³/mol. The van der Waals surface area contributed by atoms with Gasteiger partial charge < -0.3 is 37.9 Å². The molecular formula is C43H41NO9. The number of phenolic OH excluding ortho intramolecular Hbond substituents is 1. The van der Waals surface area contributed by atoms with Gasteiger partial charge in [-0.25, -0.2) is 0 Å². The summed E-state index contributed by atoms with van der Waals surface area (Å²) in [4.78, 5) is 16.2. The zero-order valence-corrected chi connectivity index (χ0v) is 29.5. The maximum atomic E-state index is 13.9. The van der Waals surface area contributed by atoms with Crippen molar-refractivity contribution in [2.75, 3.05) is 46.6 Å². The Hall–Kier alpha value is -5.97. The van der Waals surface area contributed by atoms with Gasteiger partial charge >= 0.3 is 0 Å². The fourth-order valence-electron chi connectivity index (χ4n) is 6.10. The third-order valence-electron chi connectivity index (χ3n) is 8.87. The average molecular weight is 716 g/mol. The topological polar surface area (TPSA) is 109 Å². The minimum absolute atomic E-state index is 0.0185. The molecule has 1 fully saturated rings. The van der Waals surface area contributed by atoms with Gasteiger partial charge in [-0.15, -0.1) is 0 Å². The molecule has 0 spiro atoms. The van der Waals surface area contributed by atoms with Gasteiger partial charge in [0.15, 0.2) is 17.3 Å². The van der Waals surface area contributed by atoms with Crippen LogP contribution in [0.1, 0.15) is 16.7 Å². The Balaban J connectivity index is 1.30. The van der Waals surface area contributed by atoms with E-state index in [1.165, 1.54) is 13.2 Å². The summed E-state index contributed by atoms with van der Waals surface area (Å²) in [7, 11) is 1.39. The molecule has 1 aliphatic heterocycles. The first-order valence-corrected chi connectivity index (χ1v) is 17.5. The number of rotatable bonds is 15. The lowest BCUT2D eigenvalue weighted by Crippen LogP contribution is -2.38. The third-order valence-corrected chi connectivity index (χ3v) is 8.87. The second kappa shape index (κ2) is 17.0. The second-order valence-corrected chi connectivity index (χ2v) is 12.5. The molecule has 7 rings (SSSR count). The largest absolute Gasteiger partial charge is 0.507 e. The van der Waals surface area contributed by atoms with Gasteiger partial charge in [0.1, 0.15) is 48.9 Å². The molecular weight excluding hydrogens is 674 g/mol. The summed E-state index contributed by atoms with van der Waals surface area (Å²) in [6, 6.07) is 35.9. The summed E-state index contributed by atoms with van der Waals surface area (Å²) in [5.41, 5.74) is 2.90. The van der Waals surface area contributed by atoms with Crippen LogP contribution in [0.4, 0.5) is 0 Å². The van der Waals surface area contributed by atoms with Gasteiger partial charge in [-0.2, -0.15) is 0 Å². The molecule has 1 saturated heterocycles. The van der Waals surface area contributed by atoms with E-state index in [9.17, 15) is 9.90 Å². The van der Waals surface area contributed by atoms with Gasteiger partial charge in [0.25, 0.3) is 0 Å². The monoisotopic (exact) mass is 715 g/mol. The van der Waals surface area contributed by atoms with Crippen molar-refractivity contribution in [1.82, 2.24) is 4.90 Å². The van der Waals surface area contributed by atoms with Crippen LogP contribution in [0.5, 0.6) is 34.5 Å². The quantitative estimate of drug-likeness (QED) is 0.114. The Kier molecular flexibility index (Phi) is 11.4. The summed E-state index contributed by atoms with van der Waals surface area (Å²) in [5.74, 6) is 1.27. The van der Waals surface area contributed by atoms with Crippen LogP contribution < -0.4 is 29.1 Å². The van der Waals surface area contributed by atoms with Gasteiger partial charge in [0.05, 0.1) is 20.3 Å². The molecule has 53 heavy (non-hydrogen) atoms. The summed E-state index contributed by atoms with van der Waals surface area (Å²) in [6.45, 7) is 4.83. The Morgan fingerprint density at radius 2 is 1.23 bits per heavy atom. The first-order chi connectivity index (χ1) is 26.1. The van der Waals surface area contributed by atoms with Crippen LogP contribution in [0.2, 0.25) is 0 Å². The highest BCUT2D eigenvalue weighted by Gasteiger charge is 2.25. The van der Waals surface area contributed by atoms with Gasteiger partial charge in [0, 0.05) is 37.3 Å². The van der Waals surface area contributed by atoms with E-state index < -0.39 is 5.43 Å². The van der Waals surface area contributed by atoms with Crippen molar-refractivity contribution in [3.8, 4) is 45.8 Å². The zero-order valence-electron chi connectivity index (χ0n) is 29.5. The molecule has 0 saturated carbocycles. The Morgan fingerprint density at radius 3 is 1.77 bits per heavy atom. The molecule has 6 aromatic rings. The van der Waals surface area contributed by atoms with Gasteiger partial charge in [0.2, 0.25) is 16.9 Å². The van der Waals surface area contributed by atoms with E-state index in [1.807, 2.05) is 91.0 Å². The van der Waals surface area contributed by atoms with E-state index in [2.05, 4.69) is 4.90 Å². The van der Waals surface area contributed by atoms with Crippen molar-refractivity contribution in [3.63, 3.8) is 0 Å². The van der Waals surface area contributed by atoms with Crippen molar-refractivity contribution in [3.05, 3.63) is 142 Å². The van der Waals surface area contributed by atoms with Crippen molar-refractivity contribution < 1.29 is 37.9 Å². The maximum absolute atomic E-state index is 13.9. The average Bonchev–Trinajstić information content (AvgIpc) is 3.20. The highest BCUT2D eigenvalue weighted by Crippen LogP contribution is 2.45. The molecule has 0 atom stereocenters. The normalized spacial score (nSPS) is 13.1. The molecule has 1 N–H and O–H groups in total. The number of hydrogen-bond acceptors (Lipinski definition) is 10. The van der Waals surface area contributed by atoms with Gasteiger partial charge in [-0.1, -0.05) is 91.0 Å². The Bertz CT molecular complexity index is 2100. The SMILES string of the molecule is COc1c(-c2cc(OCc3ccccc3)c(OCc3ccccc3)c(OCc3ccccc3)c2)oc2cc(OCCN3CCOCC3)cc(O)c2c1=O. The number of hydrogen-bond donors (Lipinski definition) is 1. The van der Waals surface area contributed by atoms with Crippen LogP contribution in [0, 0.1) is 0 Å². The standard InChI is InChI=1S/C43H41NO9/c1-47-43-40(46)39-35(45)25-34(49-22-19-44-17-20-48-21-18-44)26-36(39)53-41(43)33-23-37(50-27-30-11-5-2-6-12-30)42(52-29-32-15-9-4-10-16-32)38(24-33)51-28-31-13-7-3-8-14-31/h2-16,23-26,45H,17-22,27-29H2,1H3. The van der Waals surface area contributed by atoms with E-state index in [-0.39, 0.29) is 48.0 Å². The first-order valence-electron chi connectivity index (χ1n) is 17.5. The smallest absolute Gasteiger partial charge is 0.239 e. The number of fused-ring (bicyclic) bond motifs is 1. The van der Waals surface area contributed by atoms with Crippen molar-refractivity contribution in [1.29, 1.82) is 0 Å². The summed E-state index contributed by atoms with van der Waals surface area (Å²) in [6.07, 6.45) is 0. The summed E-state index contributed by atoms with van der Waals surface area (Å²) in [5, 5.41) is 11.0. The summed E-state index contributed by atoms with van der Waals surface area (Å²) < 4.78 is 42.9. The molecule has 0 bridgehead atoms. The maximum Gasteiger partial charge on any atom is 0.239 e. The van der Waals surface area contributed by atoms with E-state index >= 15 is 0 Å². The highest BCUT2D eigenvalue weighted by molar-refractivity contribution is 5.88. The highest BCUT2D eigenvalue weighted by atomic mass is 16.5. The number of methoxy groups -OCH3 is 1. The molecule has 0 radical (unpaired) electrons. The molecule has 1 aliphatic rings. The van der Waals surface area contributed by atoms with Gasteiger partial charge in [-0.05, 0) is 28.8 Å². The number of morpholine rings is 1. The molecule has 5 aromatic carbocycles. The van der Waals surface area contributed by atoms with Crippen LogP contribution >= 0.6 is 0 Å². The van der Waals surface area contributed by atoms with Crippen molar-refractivity contribution >= 4 is 11.0 Å². The number of phenols is 1. The fourth-order valence-corrected chi connectivity index (χ4v) is 6.10. The Morgan fingerprint density at radius 1 is 0.679 bits per heavy atom. The van der Waals surface area contributed by atoms with E-state index in [1.54, 1.807) is 18.2 Å². The first kappa shape index (κ1) is 35.4. The summed E-state index contributed by atoms with van der Waals surface area (Å²) >= 11 is 0. The Labute approximate surface area is 307 Å². The molecule has 0 aliphatic carbocycles. The minimum Gasteiger partial charge on any atom is -0.507 e. The number of aromatic hydroxyl groups is 1. The number of nitrogens with zero attached hydrogens (tertiary/aromatic N) is 1. The fraction of sp³-hybridized carbons (Fsp3) is 0.233. The lowest BCUT2D eigenvalue weighted by Gasteiger charge is -2.26. The van der Waals surface area contributed by atoms with Crippen LogP contribution in [0.3, 0.4) is 0 Å². The second-order valence-electron chi connectivity index (χ2n) is 12.5.